The van der Waals surface area contributed by atoms with Crippen LogP contribution in [0.15, 0.2) is 79.3 Å². The number of aromatic amines is 1. The second-order valence-electron chi connectivity index (χ2n) is 7.02. The van der Waals surface area contributed by atoms with Gasteiger partial charge in [0.2, 0.25) is 5.88 Å². The largest absolute Gasteiger partial charge is 0.437 e. The van der Waals surface area contributed by atoms with Crippen molar-refractivity contribution in [2.75, 3.05) is 0 Å². The van der Waals surface area contributed by atoms with E-state index in [0.29, 0.717) is 17.3 Å². The number of H-pyrrole nitrogens is 1. The average Bonchev–Trinajstić information content (AvgIpc) is 3.18. The second-order valence-corrected chi connectivity index (χ2v) is 7.02. The number of hydrogen-bond donors (Lipinski definition) is 1. The number of fused-ring (bicyclic) bond motifs is 1. The van der Waals surface area contributed by atoms with E-state index in [1.165, 1.54) is 0 Å². The lowest BCUT2D eigenvalue weighted by Gasteiger charge is -2.10. The number of pyridine rings is 1. The van der Waals surface area contributed by atoms with Crippen molar-refractivity contribution >= 4 is 11.0 Å². The summed E-state index contributed by atoms with van der Waals surface area (Å²) in [6.07, 6.45) is 5.77. The van der Waals surface area contributed by atoms with Crippen molar-refractivity contribution in [1.29, 1.82) is 0 Å². The Morgan fingerprint density at radius 1 is 0.867 bits per heavy atom. The maximum absolute atomic E-state index is 6.04. The van der Waals surface area contributed by atoms with Crippen LogP contribution in [-0.2, 0) is 6.42 Å². The van der Waals surface area contributed by atoms with Gasteiger partial charge in [-0.1, -0.05) is 24.3 Å². The van der Waals surface area contributed by atoms with Crippen molar-refractivity contribution in [3.8, 4) is 22.9 Å². The molecule has 2 aromatic carbocycles. The number of benzene rings is 2. The molecule has 0 fully saturated rings. The predicted molar refractivity (Wildman–Crippen MR) is 115 cm³/mol. The Morgan fingerprint density at radius 2 is 1.70 bits per heavy atom. The molecule has 0 aliphatic heterocycles. The Bertz CT molecular complexity index is 1280. The van der Waals surface area contributed by atoms with E-state index in [2.05, 4.69) is 24.9 Å². The fourth-order valence-corrected chi connectivity index (χ4v) is 3.36. The van der Waals surface area contributed by atoms with Crippen LogP contribution in [0.3, 0.4) is 0 Å². The topological polar surface area (TPSA) is 76.6 Å². The maximum atomic E-state index is 6.04. The van der Waals surface area contributed by atoms with E-state index in [4.69, 9.17) is 4.74 Å². The van der Waals surface area contributed by atoms with E-state index < -0.39 is 0 Å². The van der Waals surface area contributed by atoms with Gasteiger partial charge < -0.3 is 9.72 Å². The molecule has 1 N–H and O–H groups in total. The van der Waals surface area contributed by atoms with Crippen molar-refractivity contribution in [3.05, 3.63) is 96.3 Å². The van der Waals surface area contributed by atoms with Gasteiger partial charge in [0.05, 0.1) is 11.0 Å². The van der Waals surface area contributed by atoms with Crippen LogP contribution in [0.1, 0.15) is 17.1 Å². The number of nitrogens with one attached hydrogen (secondary N) is 1. The molecule has 0 saturated heterocycles. The number of rotatable bonds is 5. The number of hydrogen-bond acceptors (Lipinski definition) is 5. The number of aromatic nitrogens is 5. The predicted octanol–water partition coefficient (Wildman–Crippen LogP) is 5.11. The van der Waals surface area contributed by atoms with Gasteiger partial charge in [-0.15, -0.1) is 0 Å². The Hall–Kier alpha value is -4.06. The number of imidazole rings is 1. The molecule has 0 spiro atoms. The van der Waals surface area contributed by atoms with Crippen molar-refractivity contribution in [2.45, 2.75) is 13.3 Å². The zero-order chi connectivity index (χ0) is 20.3. The molecule has 0 bridgehead atoms. The summed E-state index contributed by atoms with van der Waals surface area (Å²) in [7, 11) is 0. The summed E-state index contributed by atoms with van der Waals surface area (Å²) >= 11 is 0. The van der Waals surface area contributed by atoms with Crippen molar-refractivity contribution < 1.29 is 4.74 Å². The molecule has 0 saturated carbocycles. The summed E-state index contributed by atoms with van der Waals surface area (Å²) in [4.78, 5) is 21.1. The van der Waals surface area contributed by atoms with Gasteiger partial charge in [-0.3, -0.25) is 4.98 Å². The highest BCUT2D eigenvalue weighted by molar-refractivity contribution is 5.74. The third kappa shape index (κ3) is 3.75. The zero-order valence-corrected chi connectivity index (χ0v) is 16.4. The Balaban J connectivity index is 1.35. The lowest BCUT2D eigenvalue weighted by Crippen LogP contribution is -1.95. The third-order valence-corrected chi connectivity index (χ3v) is 4.78. The molecule has 30 heavy (non-hydrogen) atoms. The minimum absolute atomic E-state index is 0.466. The standard InChI is InChI=1S/C24H19N5O/c1-16-14-18(10-11-25-16)23-24(27-13-12-26-23)30-19-8-6-17(7-9-19)15-22-28-20-4-2-3-5-21(20)29-22/h2-14H,15H2,1H3,(H,28,29). The maximum Gasteiger partial charge on any atom is 0.246 e. The average molecular weight is 393 g/mol. The molecule has 0 atom stereocenters. The Labute approximate surface area is 173 Å². The number of para-hydroxylation sites is 2. The zero-order valence-electron chi connectivity index (χ0n) is 16.4. The van der Waals surface area contributed by atoms with Crippen molar-refractivity contribution in [3.63, 3.8) is 0 Å². The van der Waals surface area contributed by atoms with Crippen molar-refractivity contribution in [1.82, 2.24) is 24.9 Å². The Kier molecular flexibility index (Phi) is 4.65. The summed E-state index contributed by atoms with van der Waals surface area (Å²) in [5.74, 6) is 2.11. The van der Waals surface area contributed by atoms with E-state index in [1.807, 2.05) is 67.6 Å². The first-order chi connectivity index (χ1) is 14.7. The monoisotopic (exact) mass is 393 g/mol. The Morgan fingerprint density at radius 3 is 2.53 bits per heavy atom. The minimum atomic E-state index is 0.466. The summed E-state index contributed by atoms with van der Waals surface area (Å²) < 4.78 is 6.04. The highest BCUT2D eigenvalue weighted by atomic mass is 16.5. The first-order valence-corrected chi connectivity index (χ1v) is 9.69. The molecule has 5 rings (SSSR count). The van der Waals surface area contributed by atoms with Crippen LogP contribution in [0.5, 0.6) is 11.6 Å². The van der Waals surface area contributed by atoms with E-state index in [1.54, 1.807) is 18.6 Å². The molecular formula is C24H19N5O. The molecular weight excluding hydrogens is 374 g/mol. The lowest BCUT2D eigenvalue weighted by molar-refractivity contribution is 0.462. The first kappa shape index (κ1) is 18.0. The molecule has 0 aliphatic carbocycles. The fourth-order valence-electron chi connectivity index (χ4n) is 3.36. The SMILES string of the molecule is Cc1cc(-c2nccnc2Oc2ccc(Cc3nc4ccccc4[nH]3)cc2)ccn1. The normalized spacial score (nSPS) is 11.0. The summed E-state index contributed by atoms with van der Waals surface area (Å²) in [6, 6.07) is 19.9. The van der Waals surface area contributed by atoms with Crippen LogP contribution >= 0.6 is 0 Å². The van der Waals surface area contributed by atoms with E-state index in [-0.39, 0.29) is 0 Å². The van der Waals surface area contributed by atoms with Gasteiger partial charge in [0, 0.05) is 36.3 Å². The van der Waals surface area contributed by atoms with Crippen LogP contribution < -0.4 is 4.74 Å². The molecule has 0 radical (unpaired) electrons. The third-order valence-electron chi connectivity index (χ3n) is 4.78. The molecule has 146 valence electrons. The highest BCUT2D eigenvalue weighted by Crippen LogP contribution is 2.29. The molecule has 5 aromatic rings. The summed E-state index contributed by atoms with van der Waals surface area (Å²) in [5, 5.41) is 0. The molecule has 3 aromatic heterocycles. The molecule has 3 heterocycles. The van der Waals surface area contributed by atoms with E-state index in [0.717, 1.165) is 40.1 Å². The smallest absolute Gasteiger partial charge is 0.246 e. The van der Waals surface area contributed by atoms with Crippen LogP contribution in [0.4, 0.5) is 0 Å². The quantitative estimate of drug-likeness (QED) is 0.449. The molecule has 0 unspecified atom stereocenters. The number of aryl methyl sites for hydroxylation is 1. The molecule has 0 aliphatic rings. The molecule has 6 heteroatoms. The first-order valence-electron chi connectivity index (χ1n) is 9.69. The van der Waals surface area contributed by atoms with E-state index in [9.17, 15) is 0 Å². The van der Waals surface area contributed by atoms with Gasteiger partial charge in [0.25, 0.3) is 0 Å². The van der Waals surface area contributed by atoms with Crippen LogP contribution in [-0.4, -0.2) is 24.9 Å². The van der Waals surface area contributed by atoms with Crippen molar-refractivity contribution in [2.24, 2.45) is 0 Å². The van der Waals surface area contributed by atoms with Gasteiger partial charge >= 0.3 is 0 Å². The fraction of sp³-hybridized carbons (Fsp3) is 0.0833. The highest BCUT2D eigenvalue weighted by Gasteiger charge is 2.11. The van der Waals surface area contributed by atoms with Crippen LogP contribution in [0.2, 0.25) is 0 Å². The summed E-state index contributed by atoms with van der Waals surface area (Å²) in [6.45, 7) is 1.95. The van der Waals surface area contributed by atoms with Gasteiger partial charge in [0.1, 0.15) is 17.3 Å². The van der Waals surface area contributed by atoms with E-state index >= 15 is 0 Å². The minimum Gasteiger partial charge on any atom is -0.437 e. The van der Waals surface area contributed by atoms with Gasteiger partial charge in [-0.2, -0.15) is 0 Å². The number of nitrogens with zero attached hydrogens (tertiary/aromatic N) is 4. The molecule has 6 nitrogen and oxygen atoms in total. The van der Waals surface area contributed by atoms with Gasteiger partial charge in [0.15, 0.2) is 0 Å². The summed E-state index contributed by atoms with van der Waals surface area (Å²) in [5.41, 5.74) is 5.70. The van der Waals surface area contributed by atoms with Gasteiger partial charge in [-0.05, 0) is 48.9 Å². The van der Waals surface area contributed by atoms with Crippen LogP contribution in [0.25, 0.3) is 22.3 Å². The van der Waals surface area contributed by atoms with Crippen LogP contribution in [0, 0.1) is 6.92 Å². The number of ether oxygens (including phenoxy) is 1. The second kappa shape index (κ2) is 7.75. The molecule has 0 amide bonds. The van der Waals surface area contributed by atoms with Gasteiger partial charge in [-0.25, -0.2) is 15.0 Å². The lowest BCUT2D eigenvalue weighted by atomic mass is 10.1.